The van der Waals surface area contributed by atoms with Gasteiger partial charge in [0.15, 0.2) is 0 Å². The second kappa shape index (κ2) is 9.18. The van der Waals surface area contributed by atoms with Gasteiger partial charge in [-0.25, -0.2) is 13.1 Å². The van der Waals surface area contributed by atoms with Crippen molar-refractivity contribution in [2.24, 2.45) is 0 Å². The summed E-state index contributed by atoms with van der Waals surface area (Å²) in [4.78, 5) is 16.3. The molecule has 0 saturated carbocycles. The van der Waals surface area contributed by atoms with E-state index >= 15 is 0 Å². The number of sulfonamides is 1. The van der Waals surface area contributed by atoms with Crippen LogP contribution >= 0.6 is 0 Å². The fourth-order valence-electron chi connectivity index (χ4n) is 3.32. The molecule has 1 saturated heterocycles. The zero-order chi connectivity index (χ0) is 20.9. The predicted octanol–water partition coefficient (Wildman–Crippen LogP) is 1.49. The Labute approximate surface area is 171 Å². The van der Waals surface area contributed by atoms with Gasteiger partial charge in [0, 0.05) is 32.7 Å². The molecule has 0 unspecified atom stereocenters. The normalized spacial score (nSPS) is 15.1. The van der Waals surface area contributed by atoms with Crippen molar-refractivity contribution in [3.05, 3.63) is 65.2 Å². The lowest BCUT2D eigenvalue weighted by Crippen LogP contribution is -2.50. The van der Waals surface area contributed by atoms with E-state index < -0.39 is 10.0 Å². The largest absolute Gasteiger partial charge is 0.339 e. The smallest absolute Gasteiger partial charge is 0.242 e. The predicted molar refractivity (Wildman–Crippen MR) is 109 cm³/mol. The van der Waals surface area contributed by atoms with Gasteiger partial charge in [-0.05, 0) is 30.2 Å². The number of carbonyl (C=O) groups is 1. The Morgan fingerprint density at radius 3 is 2.41 bits per heavy atom. The second-order valence-electron chi connectivity index (χ2n) is 7.02. The Morgan fingerprint density at radius 2 is 1.72 bits per heavy atom. The summed E-state index contributed by atoms with van der Waals surface area (Å²) in [6.07, 6.45) is 0. The van der Waals surface area contributed by atoms with Gasteiger partial charge in [0.05, 0.1) is 17.0 Å². The van der Waals surface area contributed by atoms with Gasteiger partial charge in [-0.1, -0.05) is 36.4 Å². The zero-order valence-electron chi connectivity index (χ0n) is 16.3. The van der Waals surface area contributed by atoms with Crippen LogP contribution in [0.5, 0.6) is 0 Å². The molecule has 1 aliphatic heterocycles. The number of hydrogen-bond donors (Lipinski definition) is 1. The van der Waals surface area contributed by atoms with Crippen molar-refractivity contribution in [2.45, 2.75) is 18.4 Å². The molecule has 29 heavy (non-hydrogen) atoms. The molecule has 0 radical (unpaired) electrons. The average Bonchev–Trinajstić information content (AvgIpc) is 2.74. The fourth-order valence-corrected chi connectivity index (χ4v) is 4.45. The van der Waals surface area contributed by atoms with E-state index in [4.69, 9.17) is 5.26 Å². The molecule has 7 nitrogen and oxygen atoms in total. The number of rotatable bonds is 6. The molecule has 1 fully saturated rings. The molecule has 1 aliphatic rings. The van der Waals surface area contributed by atoms with E-state index in [1.807, 2.05) is 18.2 Å². The van der Waals surface area contributed by atoms with Crippen LogP contribution in [-0.2, 0) is 21.4 Å². The van der Waals surface area contributed by atoms with Crippen molar-refractivity contribution in [1.82, 2.24) is 14.5 Å². The topological polar surface area (TPSA) is 93.5 Å². The van der Waals surface area contributed by atoms with Gasteiger partial charge in [0.1, 0.15) is 6.07 Å². The van der Waals surface area contributed by atoms with Crippen LogP contribution in [-0.4, -0.2) is 56.8 Å². The molecular formula is C21H24N4O3S. The van der Waals surface area contributed by atoms with Crippen LogP contribution in [0.4, 0.5) is 0 Å². The van der Waals surface area contributed by atoms with Crippen LogP contribution in [0.15, 0.2) is 53.4 Å². The highest BCUT2D eigenvalue weighted by atomic mass is 32.2. The third-order valence-corrected chi connectivity index (χ3v) is 6.55. The third-order valence-electron chi connectivity index (χ3n) is 5.09. The van der Waals surface area contributed by atoms with Gasteiger partial charge in [0.2, 0.25) is 15.9 Å². The van der Waals surface area contributed by atoms with Crippen LogP contribution in [0.2, 0.25) is 0 Å². The standard InChI is InChI=1S/C21H24N4O3S/c1-17-6-2-3-8-19(17)16-24-10-12-25(13-11-24)21(26)15-23-29(27,28)20-9-5-4-7-18(20)14-22/h2-9,23H,10-13,15-16H2,1H3. The molecule has 0 spiro atoms. The molecule has 1 heterocycles. The first-order valence-corrected chi connectivity index (χ1v) is 10.9. The van der Waals surface area contributed by atoms with Crippen LogP contribution in [0.1, 0.15) is 16.7 Å². The van der Waals surface area contributed by atoms with Crippen LogP contribution in [0.3, 0.4) is 0 Å². The number of hydrogen-bond acceptors (Lipinski definition) is 5. The molecule has 0 bridgehead atoms. The number of nitriles is 1. The summed E-state index contributed by atoms with van der Waals surface area (Å²) in [5.41, 5.74) is 2.58. The maximum absolute atomic E-state index is 12.5. The van der Waals surface area contributed by atoms with E-state index in [-0.39, 0.29) is 22.9 Å². The maximum atomic E-state index is 12.5. The number of amides is 1. The first kappa shape index (κ1) is 21.0. The maximum Gasteiger partial charge on any atom is 0.242 e. The Morgan fingerprint density at radius 1 is 1.07 bits per heavy atom. The quantitative estimate of drug-likeness (QED) is 0.776. The lowest BCUT2D eigenvalue weighted by Gasteiger charge is -2.35. The summed E-state index contributed by atoms with van der Waals surface area (Å²) < 4.78 is 27.2. The molecule has 0 aromatic heterocycles. The number of nitrogens with one attached hydrogen (secondary N) is 1. The summed E-state index contributed by atoms with van der Waals surface area (Å²) in [6.45, 7) is 5.20. The van der Waals surface area contributed by atoms with Crippen molar-refractivity contribution in [3.63, 3.8) is 0 Å². The van der Waals surface area contributed by atoms with Crippen molar-refractivity contribution >= 4 is 15.9 Å². The fraction of sp³-hybridized carbons (Fsp3) is 0.333. The van der Waals surface area contributed by atoms with Gasteiger partial charge in [-0.3, -0.25) is 9.69 Å². The van der Waals surface area contributed by atoms with Crippen LogP contribution in [0.25, 0.3) is 0 Å². The second-order valence-corrected chi connectivity index (χ2v) is 8.75. The van der Waals surface area contributed by atoms with E-state index in [1.54, 1.807) is 17.0 Å². The van der Waals surface area contributed by atoms with Gasteiger partial charge < -0.3 is 4.90 Å². The number of benzene rings is 2. The minimum atomic E-state index is -3.92. The van der Waals surface area contributed by atoms with Crippen molar-refractivity contribution < 1.29 is 13.2 Å². The highest BCUT2D eigenvalue weighted by Crippen LogP contribution is 2.15. The molecular weight excluding hydrogens is 388 g/mol. The summed E-state index contributed by atoms with van der Waals surface area (Å²) >= 11 is 0. The van der Waals surface area contributed by atoms with E-state index in [2.05, 4.69) is 28.7 Å². The van der Waals surface area contributed by atoms with E-state index in [9.17, 15) is 13.2 Å². The first-order valence-electron chi connectivity index (χ1n) is 9.44. The zero-order valence-corrected chi connectivity index (χ0v) is 17.2. The van der Waals surface area contributed by atoms with Crippen LogP contribution in [0, 0.1) is 18.3 Å². The lowest BCUT2D eigenvalue weighted by molar-refractivity contribution is -0.131. The Hall–Kier alpha value is -2.73. The van der Waals surface area contributed by atoms with E-state index in [1.165, 1.54) is 23.3 Å². The highest BCUT2D eigenvalue weighted by Gasteiger charge is 2.24. The number of aryl methyl sites for hydroxylation is 1. The van der Waals surface area contributed by atoms with Crippen LogP contribution < -0.4 is 4.72 Å². The summed E-state index contributed by atoms with van der Waals surface area (Å²) in [5, 5.41) is 9.09. The average molecular weight is 413 g/mol. The summed E-state index contributed by atoms with van der Waals surface area (Å²) in [5.74, 6) is -0.265. The molecule has 152 valence electrons. The van der Waals surface area contributed by atoms with Gasteiger partial charge in [-0.2, -0.15) is 5.26 Å². The van der Waals surface area contributed by atoms with Gasteiger partial charge >= 0.3 is 0 Å². The Balaban J connectivity index is 1.52. The first-order chi connectivity index (χ1) is 13.9. The molecule has 0 aliphatic carbocycles. The minimum Gasteiger partial charge on any atom is -0.339 e. The van der Waals surface area contributed by atoms with Crippen molar-refractivity contribution in [2.75, 3.05) is 32.7 Å². The van der Waals surface area contributed by atoms with E-state index in [0.29, 0.717) is 13.1 Å². The Kier molecular flexibility index (Phi) is 6.64. The number of nitrogens with zero attached hydrogens (tertiary/aromatic N) is 3. The highest BCUT2D eigenvalue weighted by molar-refractivity contribution is 7.89. The van der Waals surface area contributed by atoms with E-state index in [0.717, 1.165) is 19.6 Å². The SMILES string of the molecule is Cc1ccccc1CN1CCN(C(=O)CNS(=O)(=O)c2ccccc2C#N)CC1. The molecule has 1 N–H and O–H groups in total. The molecule has 0 atom stereocenters. The molecule has 2 aromatic carbocycles. The summed E-state index contributed by atoms with van der Waals surface area (Å²) in [6, 6.07) is 16.0. The van der Waals surface area contributed by atoms with Crippen molar-refractivity contribution in [3.8, 4) is 6.07 Å². The molecule has 8 heteroatoms. The number of carbonyl (C=O) groups excluding carboxylic acids is 1. The summed E-state index contributed by atoms with van der Waals surface area (Å²) in [7, 11) is -3.92. The number of piperazine rings is 1. The molecule has 1 amide bonds. The lowest BCUT2D eigenvalue weighted by atomic mass is 10.1. The Bertz CT molecular complexity index is 1020. The monoisotopic (exact) mass is 412 g/mol. The molecule has 2 aromatic rings. The molecule has 3 rings (SSSR count). The van der Waals surface area contributed by atoms with Crippen molar-refractivity contribution in [1.29, 1.82) is 5.26 Å². The van der Waals surface area contributed by atoms with Gasteiger partial charge in [0.25, 0.3) is 0 Å². The minimum absolute atomic E-state index is 0.0530. The van der Waals surface area contributed by atoms with Gasteiger partial charge in [-0.15, -0.1) is 0 Å². The third kappa shape index (κ3) is 5.21.